The Bertz CT molecular complexity index is 320. The second-order valence-electron chi connectivity index (χ2n) is 6.14. The summed E-state index contributed by atoms with van der Waals surface area (Å²) in [6.45, 7) is 6.53. The van der Waals surface area contributed by atoms with Crippen LogP contribution in [0.2, 0.25) is 0 Å². The fourth-order valence-corrected chi connectivity index (χ4v) is 2.35. The van der Waals surface area contributed by atoms with Gasteiger partial charge >= 0.3 is 12.1 Å². The molecule has 2 atom stereocenters. The van der Waals surface area contributed by atoms with Gasteiger partial charge in [0.2, 0.25) is 0 Å². The Balaban J connectivity index is 3.88. The molecule has 5 heteroatoms. The molecule has 0 bridgehead atoms. The zero-order valence-corrected chi connectivity index (χ0v) is 15.4. The quantitative estimate of drug-likeness (QED) is 0.401. The SMILES string of the molecule is CCCCCCCCCCOC(=O)C(NC(=O)OC)C(C)CC. The summed E-state index contributed by atoms with van der Waals surface area (Å²) in [5.74, 6) is -0.354. The monoisotopic (exact) mass is 329 g/mol. The van der Waals surface area contributed by atoms with Crippen molar-refractivity contribution in [3.05, 3.63) is 0 Å². The maximum atomic E-state index is 12.1. The molecule has 2 unspecified atom stereocenters. The maximum Gasteiger partial charge on any atom is 0.407 e. The number of hydrogen-bond acceptors (Lipinski definition) is 4. The van der Waals surface area contributed by atoms with Gasteiger partial charge in [-0.1, -0.05) is 72.1 Å². The molecule has 0 saturated carbocycles. The van der Waals surface area contributed by atoms with E-state index in [1.165, 1.54) is 45.6 Å². The van der Waals surface area contributed by atoms with E-state index in [0.29, 0.717) is 6.61 Å². The zero-order chi connectivity index (χ0) is 17.5. The van der Waals surface area contributed by atoms with Gasteiger partial charge in [0.1, 0.15) is 6.04 Å². The number of rotatable bonds is 13. The number of nitrogens with one attached hydrogen (secondary N) is 1. The summed E-state index contributed by atoms with van der Waals surface area (Å²) >= 11 is 0. The largest absolute Gasteiger partial charge is 0.464 e. The Morgan fingerprint density at radius 3 is 2.04 bits per heavy atom. The van der Waals surface area contributed by atoms with E-state index in [1.807, 2.05) is 13.8 Å². The summed E-state index contributed by atoms with van der Waals surface area (Å²) in [5.41, 5.74) is 0. The Kier molecular flexibility index (Phi) is 13.6. The molecule has 0 fully saturated rings. The van der Waals surface area contributed by atoms with Crippen LogP contribution in [0.5, 0.6) is 0 Å². The van der Waals surface area contributed by atoms with Crippen molar-refractivity contribution in [1.82, 2.24) is 5.32 Å². The molecule has 5 nitrogen and oxygen atoms in total. The molecular weight excluding hydrogens is 294 g/mol. The van der Waals surface area contributed by atoms with Crippen molar-refractivity contribution < 1.29 is 19.1 Å². The number of hydrogen-bond donors (Lipinski definition) is 1. The second kappa shape index (κ2) is 14.3. The van der Waals surface area contributed by atoms with Crippen LogP contribution < -0.4 is 5.32 Å². The summed E-state index contributed by atoms with van der Waals surface area (Å²) in [5, 5.41) is 2.56. The van der Waals surface area contributed by atoms with E-state index < -0.39 is 12.1 Å². The third kappa shape index (κ3) is 11.0. The maximum absolute atomic E-state index is 12.1. The van der Waals surface area contributed by atoms with Gasteiger partial charge in [0, 0.05) is 0 Å². The first-order valence-electron chi connectivity index (χ1n) is 9.07. The van der Waals surface area contributed by atoms with Crippen LogP contribution in [-0.4, -0.2) is 31.8 Å². The van der Waals surface area contributed by atoms with Gasteiger partial charge in [-0.3, -0.25) is 0 Å². The number of carbonyl (C=O) groups excluding carboxylic acids is 2. The molecule has 0 aromatic carbocycles. The Morgan fingerprint density at radius 1 is 0.957 bits per heavy atom. The molecule has 0 saturated heterocycles. The highest BCUT2D eigenvalue weighted by Crippen LogP contribution is 2.11. The topological polar surface area (TPSA) is 64.6 Å². The fourth-order valence-electron chi connectivity index (χ4n) is 2.35. The molecule has 0 heterocycles. The summed E-state index contributed by atoms with van der Waals surface area (Å²) < 4.78 is 9.87. The highest BCUT2D eigenvalue weighted by Gasteiger charge is 2.27. The second-order valence-corrected chi connectivity index (χ2v) is 6.14. The van der Waals surface area contributed by atoms with E-state index in [0.717, 1.165) is 19.3 Å². The molecule has 0 spiro atoms. The molecule has 0 aliphatic rings. The van der Waals surface area contributed by atoms with E-state index in [2.05, 4.69) is 17.0 Å². The lowest BCUT2D eigenvalue weighted by molar-refractivity contribution is -0.147. The van der Waals surface area contributed by atoms with Gasteiger partial charge in [-0.25, -0.2) is 9.59 Å². The number of alkyl carbamates (subject to hydrolysis) is 1. The minimum absolute atomic E-state index is 0.0140. The van der Waals surface area contributed by atoms with E-state index in [4.69, 9.17) is 4.74 Å². The van der Waals surface area contributed by atoms with Gasteiger partial charge in [-0.2, -0.15) is 0 Å². The van der Waals surface area contributed by atoms with Gasteiger partial charge < -0.3 is 14.8 Å². The number of unbranched alkanes of at least 4 members (excludes halogenated alkanes) is 7. The molecule has 0 aliphatic heterocycles. The van der Waals surface area contributed by atoms with Crippen molar-refractivity contribution in [3.63, 3.8) is 0 Å². The predicted molar refractivity (Wildman–Crippen MR) is 92.4 cm³/mol. The molecule has 23 heavy (non-hydrogen) atoms. The molecule has 136 valence electrons. The van der Waals surface area contributed by atoms with Crippen molar-refractivity contribution in [2.24, 2.45) is 5.92 Å². The van der Waals surface area contributed by atoms with Gasteiger partial charge in [0.05, 0.1) is 13.7 Å². The Hall–Kier alpha value is -1.26. The van der Waals surface area contributed by atoms with E-state index >= 15 is 0 Å². The molecule has 0 radical (unpaired) electrons. The average Bonchev–Trinajstić information content (AvgIpc) is 2.56. The Labute approximate surface area is 141 Å². The third-order valence-corrected chi connectivity index (χ3v) is 4.17. The van der Waals surface area contributed by atoms with Gasteiger partial charge in [0.15, 0.2) is 0 Å². The molecule has 1 amide bonds. The van der Waals surface area contributed by atoms with Crippen molar-refractivity contribution in [3.8, 4) is 0 Å². The first kappa shape index (κ1) is 21.7. The predicted octanol–water partition coefficient (Wildman–Crippen LogP) is 4.44. The van der Waals surface area contributed by atoms with Crippen LogP contribution in [-0.2, 0) is 14.3 Å². The standard InChI is InChI=1S/C18H35NO4/c1-5-7-8-9-10-11-12-13-14-23-17(20)16(15(3)6-2)19-18(21)22-4/h15-16H,5-14H2,1-4H3,(H,19,21). The van der Waals surface area contributed by atoms with Crippen molar-refractivity contribution in [2.45, 2.75) is 84.6 Å². The zero-order valence-electron chi connectivity index (χ0n) is 15.4. The number of esters is 1. The van der Waals surface area contributed by atoms with Gasteiger partial charge in [-0.15, -0.1) is 0 Å². The molecule has 0 aromatic heterocycles. The summed E-state index contributed by atoms with van der Waals surface area (Å²) in [4.78, 5) is 23.4. The Morgan fingerprint density at radius 2 is 1.52 bits per heavy atom. The van der Waals surface area contributed by atoms with E-state index in [-0.39, 0.29) is 11.9 Å². The smallest absolute Gasteiger partial charge is 0.407 e. The molecule has 1 N–H and O–H groups in total. The van der Waals surface area contributed by atoms with Crippen molar-refractivity contribution >= 4 is 12.1 Å². The van der Waals surface area contributed by atoms with Gasteiger partial charge in [-0.05, 0) is 12.3 Å². The van der Waals surface area contributed by atoms with Crippen LogP contribution in [0.3, 0.4) is 0 Å². The average molecular weight is 329 g/mol. The molecular formula is C18H35NO4. The molecule has 0 aliphatic carbocycles. The van der Waals surface area contributed by atoms with Crippen molar-refractivity contribution in [2.75, 3.05) is 13.7 Å². The van der Waals surface area contributed by atoms with Crippen LogP contribution in [0.25, 0.3) is 0 Å². The lowest BCUT2D eigenvalue weighted by atomic mass is 9.99. The van der Waals surface area contributed by atoms with Crippen LogP contribution in [0.4, 0.5) is 4.79 Å². The minimum atomic E-state index is -0.638. The first-order valence-corrected chi connectivity index (χ1v) is 9.07. The van der Waals surface area contributed by atoms with Crippen molar-refractivity contribution in [1.29, 1.82) is 0 Å². The minimum Gasteiger partial charge on any atom is -0.464 e. The number of methoxy groups -OCH3 is 1. The normalized spacial score (nSPS) is 13.2. The summed E-state index contributed by atoms with van der Waals surface area (Å²) in [6, 6.07) is -0.638. The van der Waals surface area contributed by atoms with E-state index in [1.54, 1.807) is 0 Å². The molecule has 0 rings (SSSR count). The number of carbonyl (C=O) groups is 2. The number of amides is 1. The summed E-state index contributed by atoms with van der Waals surface area (Å²) in [6.07, 6.45) is 9.80. The number of ether oxygens (including phenoxy) is 2. The van der Waals surface area contributed by atoms with Crippen LogP contribution >= 0.6 is 0 Å². The highest BCUT2D eigenvalue weighted by molar-refractivity contribution is 5.81. The van der Waals surface area contributed by atoms with Gasteiger partial charge in [0.25, 0.3) is 0 Å². The first-order chi connectivity index (χ1) is 11.1. The highest BCUT2D eigenvalue weighted by atomic mass is 16.5. The van der Waals surface area contributed by atoms with E-state index in [9.17, 15) is 9.59 Å². The third-order valence-electron chi connectivity index (χ3n) is 4.17. The fraction of sp³-hybridized carbons (Fsp3) is 0.889. The van der Waals surface area contributed by atoms with Crippen LogP contribution in [0, 0.1) is 5.92 Å². The van der Waals surface area contributed by atoms with Crippen LogP contribution in [0.15, 0.2) is 0 Å². The lowest BCUT2D eigenvalue weighted by Crippen LogP contribution is -2.46. The lowest BCUT2D eigenvalue weighted by Gasteiger charge is -2.21. The summed E-state index contributed by atoms with van der Waals surface area (Å²) in [7, 11) is 1.29. The molecule has 0 aromatic rings. The van der Waals surface area contributed by atoms with Crippen LogP contribution in [0.1, 0.15) is 78.6 Å².